The first-order valence-corrected chi connectivity index (χ1v) is 10.3. The van der Waals surface area contributed by atoms with Gasteiger partial charge in [-0.15, -0.1) is 0 Å². The lowest BCUT2D eigenvalue weighted by Crippen LogP contribution is -2.56. The average molecular weight is 437 g/mol. The summed E-state index contributed by atoms with van der Waals surface area (Å²) in [4.78, 5) is 24.5. The van der Waals surface area contributed by atoms with Gasteiger partial charge in [-0.1, -0.05) is 11.6 Å². The molecule has 160 valence electrons. The molecule has 3 N–H and O–H groups in total. The number of likely N-dealkylation sites (tertiary alicyclic amines) is 1. The lowest BCUT2D eigenvalue weighted by Gasteiger charge is -2.43. The number of benzene rings is 1. The Kier molecular flexibility index (Phi) is 5.90. The van der Waals surface area contributed by atoms with Gasteiger partial charge in [0, 0.05) is 36.4 Å². The van der Waals surface area contributed by atoms with Gasteiger partial charge in [0.25, 0.3) is 0 Å². The predicted molar refractivity (Wildman–Crippen MR) is 111 cm³/mol. The molecule has 0 spiro atoms. The SMILES string of the molecule is Nc1ncnc(N2CCCC(N3CCC[C@@H](Nc4cc(F)cc(Cl)c4)C3=O)C2)c1F. The molecular formula is C20H23ClF2N6O. The Morgan fingerprint density at radius 3 is 2.73 bits per heavy atom. The Morgan fingerprint density at radius 2 is 1.93 bits per heavy atom. The van der Waals surface area contributed by atoms with Crippen molar-refractivity contribution in [3.05, 3.63) is 41.2 Å². The number of carbonyl (C=O) groups excluding carboxylic acids is 1. The maximum Gasteiger partial charge on any atom is 0.245 e. The third kappa shape index (κ3) is 4.26. The highest BCUT2D eigenvalue weighted by Crippen LogP contribution is 2.28. The van der Waals surface area contributed by atoms with E-state index in [0.717, 1.165) is 19.3 Å². The maximum absolute atomic E-state index is 14.4. The molecule has 1 aromatic heterocycles. The summed E-state index contributed by atoms with van der Waals surface area (Å²) in [6, 6.07) is 3.61. The lowest BCUT2D eigenvalue weighted by atomic mass is 9.97. The molecule has 1 unspecified atom stereocenters. The third-order valence-corrected chi connectivity index (χ3v) is 5.83. The van der Waals surface area contributed by atoms with E-state index in [-0.39, 0.29) is 28.6 Å². The number of hydrogen-bond acceptors (Lipinski definition) is 6. The summed E-state index contributed by atoms with van der Waals surface area (Å²) < 4.78 is 28.0. The average Bonchev–Trinajstić information content (AvgIpc) is 2.71. The number of nitrogens with one attached hydrogen (secondary N) is 1. The van der Waals surface area contributed by atoms with Crippen LogP contribution in [0.15, 0.2) is 24.5 Å². The van der Waals surface area contributed by atoms with Crippen LogP contribution in [0.3, 0.4) is 0 Å². The fourth-order valence-corrected chi connectivity index (χ4v) is 4.45. The van der Waals surface area contributed by atoms with Crippen molar-refractivity contribution in [1.29, 1.82) is 0 Å². The van der Waals surface area contributed by atoms with Crippen LogP contribution in [-0.4, -0.2) is 52.5 Å². The lowest BCUT2D eigenvalue weighted by molar-refractivity contribution is -0.137. The van der Waals surface area contributed by atoms with Crippen LogP contribution in [0.1, 0.15) is 25.7 Å². The van der Waals surface area contributed by atoms with Crippen LogP contribution in [0, 0.1) is 11.6 Å². The topological polar surface area (TPSA) is 87.4 Å². The summed E-state index contributed by atoms with van der Waals surface area (Å²) in [5.74, 6) is -1.16. The van der Waals surface area contributed by atoms with Crippen molar-refractivity contribution in [3.8, 4) is 0 Å². The first-order chi connectivity index (χ1) is 14.4. The molecule has 3 heterocycles. The zero-order valence-corrected chi connectivity index (χ0v) is 17.1. The number of amides is 1. The van der Waals surface area contributed by atoms with Crippen molar-refractivity contribution in [1.82, 2.24) is 14.9 Å². The van der Waals surface area contributed by atoms with E-state index in [4.69, 9.17) is 17.3 Å². The molecule has 30 heavy (non-hydrogen) atoms. The highest BCUT2D eigenvalue weighted by atomic mass is 35.5. The van der Waals surface area contributed by atoms with E-state index in [9.17, 15) is 13.6 Å². The fourth-order valence-electron chi connectivity index (χ4n) is 4.23. The molecule has 10 heteroatoms. The van der Waals surface area contributed by atoms with E-state index >= 15 is 0 Å². The van der Waals surface area contributed by atoms with Gasteiger partial charge in [0.1, 0.15) is 18.2 Å². The van der Waals surface area contributed by atoms with Gasteiger partial charge >= 0.3 is 0 Å². The minimum absolute atomic E-state index is 0.0452. The Bertz CT molecular complexity index is 925. The molecule has 0 bridgehead atoms. The molecule has 2 saturated heterocycles. The molecule has 1 amide bonds. The van der Waals surface area contributed by atoms with E-state index < -0.39 is 17.7 Å². The molecule has 0 saturated carbocycles. The van der Waals surface area contributed by atoms with Crippen LogP contribution >= 0.6 is 11.6 Å². The first-order valence-electron chi connectivity index (χ1n) is 9.96. The minimum Gasteiger partial charge on any atom is -0.381 e. The van der Waals surface area contributed by atoms with Gasteiger partial charge < -0.3 is 20.9 Å². The number of nitrogens with two attached hydrogens (primary N) is 1. The molecule has 2 fully saturated rings. The van der Waals surface area contributed by atoms with Crippen molar-refractivity contribution in [2.75, 3.05) is 35.6 Å². The molecule has 0 radical (unpaired) electrons. The zero-order valence-electron chi connectivity index (χ0n) is 16.3. The van der Waals surface area contributed by atoms with Gasteiger partial charge in [-0.2, -0.15) is 4.39 Å². The summed E-state index contributed by atoms with van der Waals surface area (Å²) in [7, 11) is 0. The van der Waals surface area contributed by atoms with Crippen molar-refractivity contribution < 1.29 is 13.6 Å². The molecule has 0 aliphatic carbocycles. The van der Waals surface area contributed by atoms with E-state index in [2.05, 4.69) is 15.3 Å². The molecular weight excluding hydrogens is 414 g/mol. The Morgan fingerprint density at radius 1 is 1.13 bits per heavy atom. The number of carbonyl (C=O) groups is 1. The van der Waals surface area contributed by atoms with Gasteiger partial charge in [0.15, 0.2) is 11.6 Å². The van der Waals surface area contributed by atoms with Gasteiger partial charge in [0.2, 0.25) is 11.7 Å². The quantitative estimate of drug-likeness (QED) is 0.766. The molecule has 2 atom stereocenters. The van der Waals surface area contributed by atoms with Crippen molar-refractivity contribution in [2.45, 2.75) is 37.8 Å². The summed E-state index contributed by atoms with van der Waals surface area (Å²) in [5, 5.41) is 3.38. The number of nitrogen functional groups attached to an aromatic ring is 1. The molecule has 7 nitrogen and oxygen atoms in total. The molecule has 4 rings (SSSR count). The van der Waals surface area contributed by atoms with Crippen LogP contribution in [0.25, 0.3) is 0 Å². The molecule has 1 aromatic carbocycles. The number of anilines is 3. The molecule has 2 aromatic rings. The summed E-state index contributed by atoms with van der Waals surface area (Å²) in [6.07, 6.45) is 4.33. The van der Waals surface area contributed by atoms with E-state index in [0.29, 0.717) is 31.7 Å². The molecule has 2 aliphatic heterocycles. The van der Waals surface area contributed by atoms with Crippen LogP contribution in [0.2, 0.25) is 5.02 Å². The largest absolute Gasteiger partial charge is 0.381 e. The van der Waals surface area contributed by atoms with E-state index in [1.807, 2.05) is 9.80 Å². The summed E-state index contributed by atoms with van der Waals surface area (Å²) in [5.41, 5.74) is 6.05. The van der Waals surface area contributed by atoms with Crippen LogP contribution in [0.5, 0.6) is 0 Å². The normalized spacial score (nSPS) is 22.3. The standard InChI is InChI=1S/C20H23ClF2N6O/c21-12-7-13(22)9-14(8-12)27-16-4-2-6-29(20(16)30)15-3-1-5-28(10-15)19-17(23)18(24)25-11-26-19/h7-9,11,15-16,27H,1-6,10H2,(H2,24,25,26)/t15?,16-/m1/s1. The smallest absolute Gasteiger partial charge is 0.245 e. The Hall–Kier alpha value is -2.68. The second-order valence-electron chi connectivity index (χ2n) is 7.67. The number of aromatic nitrogens is 2. The fraction of sp³-hybridized carbons (Fsp3) is 0.450. The number of rotatable bonds is 4. The van der Waals surface area contributed by atoms with E-state index in [1.54, 1.807) is 6.07 Å². The number of nitrogens with zero attached hydrogens (tertiary/aromatic N) is 4. The second kappa shape index (κ2) is 8.59. The first kappa shape index (κ1) is 20.6. The number of halogens is 3. The second-order valence-corrected chi connectivity index (χ2v) is 8.10. The van der Waals surface area contributed by atoms with E-state index in [1.165, 1.54) is 18.5 Å². The van der Waals surface area contributed by atoms with Crippen molar-refractivity contribution in [2.24, 2.45) is 0 Å². The third-order valence-electron chi connectivity index (χ3n) is 5.61. The van der Waals surface area contributed by atoms with Gasteiger partial charge in [-0.25, -0.2) is 14.4 Å². The van der Waals surface area contributed by atoms with Crippen LogP contribution in [-0.2, 0) is 4.79 Å². The summed E-state index contributed by atoms with van der Waals surface area (Å²) >= 11 is 5.92. The van der Waals surface area contributed by atoms with Crippen LogP contribution in [0.4, 0.5) is 26.1 Å². The minimum atomic E-state index is -0.634. The highest BCUT2D eigenvalue weighted by molar-refractivity contribution is 6.30. The van der Waals surface area contributed by atoms with Gasteiger partial charge in [-0.3, -0.25) is 4.79 Å². The zero-order chi connectivity index (χ0) is 21.3. The Labute approximate surface area is 178 Å². The monoisotopic (exact) mass is 436 g/mol. The van der Waals surface area contributed by atoms with Crippen molar-refractivity contribution >= 4 is 34.8 Å². The Balaban J connectivity index is 1.47. The predicted octanol–water partition coefficient (Wildman–Crippen LogP) is 3.06. The number of hydrogen-bond donors (Lipinski definition) is 2. The van der Waals surface area contributed by atoms with Crippen LogP contribution < -0.4 is 16.0 Å². The van der Waals surface area contributed by atoms with Gasteiger partial charge in [0.05, 0.1) is 0 Å². The summed E-state index contributed by atoms with van der Waals surface area (Å²) in [6.45, 7) is 1.74. The highest BCUT2D eigenvalue weighted by Gasteiger charge is 2.36. The number of piperidine rings is 2. The molecule has 2 aliphatic rings. The maximum atomic E-state index is 14.4. The van der Waals surface area contributed by atoms with Gasteiger partial charge in [-0.05, 0) is 43.9 Å². The van der Waals surface area contributed by atoms with Crippen molar-refractivity contribution in [3.63, 3.8) is 0 Å².